The molecule has 0 amide bonds. The molecule has 0 atom stereocenters. The first kappa shape index (κ1) is 9.67. The summed E-state index contributed by atoms with van der Waals surface area (Å²) in [6.07, 6.45) is 6.31. The molecule has 0 aliphatic carbocycles. The van der Waals surface area contributed by atoms with Crippen LogP contribution >= 0.6 is 0 Å². The SMILES string of the molecule is C#CCN(C)c1ccc(CC)cc1. The molecule has 0 heterocycles. The molecule has 13 heavy (non-hydrogen) atoms. The van der Waals surface area contributed by atoms with Crippen molar-refractivity contribution in [3.05, 3.63) is 29.8 Å². The Bertz CT molecular complexity index is 292. The molecular formula is C12H15N. The van der Waals surface area contributed by atoms with Crippen LogP contribution in [0.5, 0.6) is 0 Å². The van der Waals surface area contributed by atoms with Crippen molar-refractivity contribution in [2.45, 2.75) is 13.3 Å². The predicted molar refractivity (Wildman–Crippen MR) is 57.9 cm³/mol. The standard InChI is InChI=1S/C12H15N/c1-4-10-13(3)12-8-6-11(5-2)7-9-12/h1,6-9H,5,10H2,2-3H3. The fourth-order valence-electron chi connectivity index (χ4n) is 1.21. The number of hydrogen-bond donors (Lipinski definition) is 0. The van der Waals surface area contributed by atoms with E-state index in [2.05, 4.69) is 42.0 Å². The van der Waals surface area contributed by atoms with Gasteiger partial charge >= 0.3 is 0 Å². The van der Waals surface area contributed by atoms with E-state index in [0.717, 1.165) is 6.42 Å². The Morgan fingerprint density at radius 1 is 1.31 bits per heavy atom. The van der Waals surface area contributed by atoms with Gasteiger partial charge in [-0.2, -0.15) is 0 Å². The maximum atomic E-state index is 5.23. The second-order valence-electron chi connectivity index (χ2n) is 3.08. The molecule has 0 unspecified atom stereocenters. The molecule has 68 valence electrons. The maximum absolute atomic E-state index is 5.23. The van der Waals surface area contributed by atoms with Gasteiger partial charge in [0.15, 0.2) is 0 Å². The van der Waals surface area contributed by atoms with Crippen LogP contribution in [0, 0.1) is 12.3 Å². The average Bonchev–Trinajstić information content (AvgIpc) is 2.18. The number of terminal acetylenes is 1. The van der Waals surface area contributed by atoms with Crippen LogP contribution in [0.2, 0.25) is 0 Å². The molecule has 0 bridgehead atoms. The van der Waals surface area contributed by atoms with Gasteiger partial charge in [-0.25, -0.2) is 0 Å². The van der Waals surface area contributed by atoms with E-state index in [1.165, 1.54) is 11.3 Å². The molecule has 1 rings (SSSR count). The third-order valence-corrected chi connectivity index (χ3v) is 2.11. The largest absolute Gasteiger partial charge is 0.363 e. The van der Waals surface area contributed by atoms with Gasteiger partial charge in [0.1, 0.15) is 0 Å². The average molecular weight is 173 g/mol. The normalized spacial score (nSPS) is 9.31. The highest BCUT2D eigenvalue weighted by atomic mass is 15.1. The van der Waals surface area contributed by atoms with E-state index in [1.807, 2.05) is 7.05 Å². The number of benzene rings is 1. The summed E-state index contributed by atoms with van der Waals surface area (Å²) in [6.45, 7) is 2.81. The Kier molecular flexibility index (Phi) is 3.40. The molecule has 0 aliphatic rings. The fraction of sp³-hybridized carbons (Fsp3) is 0.333. The molecule has 0 radical (unpaired) electrons. The molecular weight excluding hydrogens is 158 g/mol. The zero-order valence-corrected chi connectivity index (χ0v) is 8.25. The Balaban J connectivity index is 2.74. The summed E-state index contributed by atoms with van der Waals surface area (Å²) in [6, 6.07) is 8.50. The van der Waals surface area contributed by atoms with Gasteiger partial charge in [0.2, 0.25) is 0 Å². The molecule has 0 fully saturated rings. The number of rotatable bonds is 3. The van der Waals surface area contributed by atoms with Crippen LogP contribution in [0.15, 0.2) is 24.3 Å². The summed E-state index contributed by atoms with van der Waals surface area (Å²) >= 11 is 0. The van der Waals surface area contributed by atoms with Crippen molar-refractivity contribution in [3.8, 4) is 12.3 Å². The zero-order chi connectivity index (χ0) is 9.68. The second-order valence-corrected chi connectivity index (χ2v) is 3.08. The van der Waals surface area contributed by atoms with Crippen molar-refractivity contribution in [2.75, 3.05) is 18.5 Å². The zero-order valence-electron chi connectivity index (χ0n) is 8.25. The highest BCUT2D eigenvalue weighted by Gasteiger charge is 1.97. The summed E-state index contributed by atoms with van der Waals surface area (Å²) in [4.78, 5) is 2.06. The lowest BCUT2D eigenvalue weighted by Gasteiger charge is -2.15. The number of nitrogens with zero attached hydrogens (tertiary/aromatic N) is 1. The summed E-state index contributed by atoms with van der Waals surface area (Å²) in [5.74, 6) is 2.62. The molecule has 0 spiro atoms. The first-order valence-electron chi connectivity index (χ1n) is 4.51. The van der Waals surface area contributed by atoms with Gasteiger partial charge in [-0.1, -0.05) is 25.0 Å². The van der Waals surface area contributed by atoms with Gasteiger partial charge in [0.25, 0.3) is 0 Å². The molecule has 1 heteroatoms. The first-order chi connectivity index (χ1) is 6.27. The predicted octanol–water partition coefficient (Wildman–Crippen LogP) is 2.32. The Labute approximate surface area is 80.4 Å². The minimum atomic E-state index is 0.658. The minimum Gasteiger partial charge on any atom is -0.363 e. The molecule has 0 aliphatic heterocycles. The summed E-state index contributed by atoms with van der Waals surface area (Å²) in [5.41, 5.74) is 2.54. The van der Waals surface area contributed by atoms with E-state index >= 15 is 0 Å². The van der Waals surface area contributed by atoms with Crippen molar-refractivity contribution in [3.63, 3.8) is 0 Å². The van der Waals surface area contributed by atoms with Crippen molar-refractivity contribution in [1.82, 2.24) is 0 Å². The van der Waals surface area contributed by atoms with Crippen molar-refractivity contribution in [2.24, 2.45) is 0 Å². The molecule has 0 saturated carbocycles. The van der Waals surface area contributed by atoms with Gasteiger partial charge in [-0.15, -0.1) is 6.42 Å². The lowest BCUT2D eigenvalue weighted by molar-refractivity contribution is 1.05. The highest BCUT2D eigenvalue weighted by Crippen LogP contribution is 2.13. The van der Waals surface area contributed by atoms with Gasteiger partial charge in [-0.05, 0) is 24.1 Å². The molecule has 1 aromatic carbocycles. The van der Waals surface area contributed by atoms with E-state index in [-0.39, 0.29) is 0 Å². The van der Waals surface area contributed by atoms with Crippen LogP contribution in [0.25, 0.3) is 0 Å². The second kappa shape index (κ2) is 4.57. The first-order valence-corrected chi connectivity index (χ1v) is 4.51. The Morgan fingerprint density at radius 2 is 1.92 bits per heavy atom. The number of hydrogen-bond acceptors (Lipinski definition) is 1. The molecule has 1 nitrogen and oxygen atoms in total. The van der Waals surface area contributed by atoms with Gasteiger partial charge in [0.05, 0.1) is 6.54 Å². The van der Waals surface area contributed by atoms with E-state index in [0.29, 0.717) is 6.54 Å². The van der Waals surface area contributed by atoms with Crippen molar-refractivity contribution < 1.29 is 0 Å². The third kappa shape index (κ3) is 2.52. The lowest BCUT2D eigenvalue weighted by Crippen LogP contribution is -2.16. The Morgan fingerprint density at radius 3 is 2.38 bits per heavy atom. The van der Waals surface area contributed by atoms with Crippen LogP contribution in [-0.4, -0.2) is 13.6 Å². The molecule has 0 N–H and O–H groups in total. The van der Waals surface area contributed by atoms with Crippen LogP contribution in [-0.2, 0) is 6.42 Å². The lowest BCUT2D eigenvalue weighted by atomic mass is 10.1. The van der Waals surface area contributed by atoms with Gasteiger partial charge < -0.3 is 4.90 Å². The summed E-state index contributed by atoms with van der Waals surface area (Å²) in [7, 11) is 2.00. The highest BCUT2D eigenvalue weighted by molar-refractivity contribution is 5.47. The topological polar surface area (TPSA) is 3.24 Å². The van der Waals surface area contributed by atoms with Crippen LogP contribution in [0.4, 0.5) is 5.69 Å². The minimum absolute atomic E-state index is 0.658. The fourth-order valence-corrected chi connectivity index (χ4v) is 1.21. The smallest absolute Gasteiger partial charge is 0.0788 e. The number of aryl methyl sites for hydroxylation is 1. The molecule has 1 aromatic rings. The van der Waals surface area contributed by atoms with Gasteiger partial charge in [0, 0.05) is 12.7 Å². The third-order valence-electron chi connectivity index (χ3n) is 2.11. The quantitative estimate of drug-likeness (QED) is 0.634. The van der Waals surface area contributed by atoms with E-state index < -0.39 is 0 Å². The maximum Gasteiger partial charge on any atom is 0.0788 e. The summed E-state index contributed by atoms with van der Waals surface area (Å²) < 4.78 is 0. The van der Waals surface area contributed by atoms with E-state index in [4.69, 9.17) is 6.42 Å². The monoisotopic (exact) mass is 173 g/mol. The molecule has 0 aromatic heterocycles. The van der Waals surface area contributed by atoms with Gasteiger partial charge in [-0.3, -0.25) is 0 Å². The van der Waals surface area contributed by atoms with Crippen molar-refractivity contribution >= 4 is 5.69 Å². The Hall–Kier alpha value is -1.42. The van der Waals surface area contributed by atoms with Crippen LogP contribution in [0.1, 0.15) is 12.5 Å². The van der Waals surface area contributed by atoms with Crippen LogP contribution in [0.3, 0.4) is 0 Å². The van der Waals surface area contributed by atoms with Crippen LogP contribution < -0.4 is 4.90 Å². The van der Waals surface area contributed by atoms with E-state index in [1.54, 1.807) is 0 Å². The summed E-state index contributed by atoms with van der Waals surface area (Å²) in [5, 5.41) is 0. The van der Waals surface area contributed by atoms with E-state index in [9.17, 15) is 0 Å². The molecule has 0 saturated heterocycles. The van der Waals surface area contributed by atoms with Crippen molar-refractivity contribution in [1.29, 1.82) is 0 Å². The number of anilines is 1.